The molecule has 0 aromatic carbocycles. The predicted molar refractivity (Wildman–Crippen MR) is 61.5 cm³/mol. The molecular formula is C13H19NO2. The van der Waals surface area contributed by atoms with E-state index in [1.807, 2.05) is 6.92 Å². The zero-order valence-corrected chi connectivity index (χ0v) is 9.79. The number of hydrogen-bond acceptors (Lipinski definition) is 3. The summed E-state index contributed by atoms with van der Waals surface area (Å²) in [5, 5.41) is 3.42. The first kappa shape index (κ1) is 10.4. The molecule has 16 heavy (non-hydrogen) atoms. The van der Waals surface area contributed by atoms with Crippen molar-refractivity contribution in [3.63, 3.8) is 0 Å². The van der Waals surface area contributed by atoms with Gasteiger partial charge >= 0.3 is 0 Å². The third-order valence-corrected chi connectivity index (χ3v) is 4.07. The maximum Gasteiger partial charge on any atom is 0.115 e. The first-order valence-corrected chi connectivity index (χ1v) is 6.17. The van der Waals surface area contributed by atoms with Crippen LogP contribution in [0.1, 0.15) is 24.4 Å². The lowest BCUT2D eigenvalue weighted by atomic mass is 9.68. The quantitative estimate of drug-likeness (QED) is 0.827. The van der Waals surface area contributed by atoms with E-state index in [1.165, 1.54) is 12.8 Å². The summed E-state index contributed by atoms with van der Waals surface area (Å²) in [6, 6.07) is 4.20. The van der Waals surface area contributed by atoms with E-state index < -0.39 is 0 Å². The maximum atomic E-state index is 5.84. The van der Waals surface area contributed by atoms with Crippen molar-refractivity contribution in [1.82, 2.24) is 5.32 Å². The van der Waals surface area contributed by atoms with Crippen LogP contribution in [-0.4, -0.2) is 26.3 Å². The Morgan fingerprint density at radius 3 is 2.50 bits per heavy atom. The van der Waals surface area contributed by atoms with Crippen LogP contribution in [0.4, 0.5) is 0 Å². The average molecular weight is 221 g/mol. The Kier molecular flexibility index (Phi) is 2.52. The van der Waals surface area contributed by atoms with Gasteiger partial charge in [0.15, 0.2) is 0 Å². The monoisotopic (exact) mass is 221 g/mol. The summed E-state index contributed by atoms with van der Waals surface area (Å²) in [6.45, 7) is 5.95. The van der Waals surface area contributed by atoms with Crippen molar-refractivity contribution in [3.05, 3.63) is 23.7 Å². The molecule has 0 radical (unpaired) electrons. The molecule has 2 fully saturated rings. The molecule has 1 aromatic rings. The molecule has 0 amide bonds. The molecule has 3 rings (SSSR count). The first-order valence-electron chi connectivity index (χ1n) is 6.17. The molecule has 0 unspecified atom stereocenters. The molecule has 88 valence electrons. The summed E-state index contributed by atoms with van der Waals surface area (Å²) in [5.41, 5.74) is 0.177. The Bertz CT molecular complexity index is 362. The van der Waals surface area contributed by atoms with Gasteiger partial charge in [-0.3, -0.25) is 0 Å². The molecule has 1 N–H and O–H groups in total. The van der Waals surface area contributed by atoms with Gasteiger partial charge in [0.05, 0.1) is 18.6 Å². The highest BCUT2D eigenvalue weighted by atomic mass is 16.5. The van der Waals surface area contributed by atoms with Crippen molar-refractivity contribution in [2.45, 2.75) is 25.2 Å². The second-order valence-electron chi connectivity index (χ2n) is 5.08. The van der Waals surface area contributed by atoms with Gasteiger partial charge in [-0.15, -0.1) is 0 Å². The van der Waals surface area contributed by atoms with E-state index in [0.29, 0.717) is 5.92 Å². The number of piperidine rings is 1. The largest absolute Gasteiger partial charge is 0.466 e. The molecule has 2 aliphatic rings. The standard InChI is InChI=1S/C13H19NO2/c1-10-2-3-12(16-10)13(8-15-9-13)11-4-6-14-7-5-11/h2-3,11,14H,4-9H2,1H3. The third-order valence-electron chi connectivity index (χ3n) is 4.07. The van der Waals surface area contributed by atoms with Crippen molar-refractivity contribution in [2.75, 3.05) is 26.3 Å². The lowest BCUT2D eigenvalue weighted by molar-refractivity contribution is -0.106. The summed E-state index contributed by atoms with van der Waals surface area (Å²) in [7, 11) is 0. The van der Waals surface area contributed by atoms with E-state index in [-0.39, 0.29) is 5.41 Å². The zero-order chi connectivity index (χ0) is 11.0. The van der Waals surface area contributed by atoms with E-state index in [2.05, 4.69) is 17.4 Å². The lowest BCUT2D eigenvalue weighted by Gasteiger charge is -2.47. The van der Waals surface area contributed by atoms with Crippen LogP contribution in [0, 0.1) is 12.8 Å². The molecule has 0 atom stereocenters. The van der Waals surface area contributed by atoms with Crippen molar-refractivity contribution in [3.8, 4) is 0 Å². The van der Waals surface area contributed by atoms with Crippen molar-refractivity contribution in [1.29, 1.82) is 0 Å². The average Bonchev–Trinajstić information content (AvgIpc) is 2.65. The van der Waals surface area contributed by atoms with Gasteiger partial charge in [0, 0.05) is 0 Å². The van der Waals surface area contributed by atoms with Crippen LogP contribution in [-0.2, 0) is 10.2 Å². The van der Waals surface area contributed by atoms with E-state index in [4.69, 9.17) is 9.15 Å². The van der Waals surface area contributed by atoms with Gasteiger partial charge < -0.3 is 14.5 Å². The summed E-state index contributed by atoms with van der Waals surface area (Å²) in [6.07, 6.45) is 2.48. The highest BCUT2D eigenvalue weighted by Gasteiger charge is 2.49. The van der Waals surface area contributed by atoms with Gasteiger partial charge in [0.2, 0.25) is 0 Å². The van der Waals surface area contributed by atoms with E-state index in [9.17, 15) is 0 Å². The van der Waals surface area contributed by atoms with Gasteiger partial charge in [-0.1, -0.05) is 0 Å². The summed E-state index contributed by atoms with van der Waals surface area (Å²) in [4.78, 5) is 0. The molecular weight excluding hydrogens is 202 g/mol. The van der Waals surface area contributed by atoms with Gasteiger partial charge in [-0.05, 0) is 50.9 Å². The van der Waals surface area contributed by atoms with Crippen LogP contribution in [0.2, 0.25) is 0 Å². The Morgan fingerprint density at radius 2 is 2.00 bits per heavy atom. The second-order valence-corrected chi connectivity index (χ2v) is 5.08. The smallest absolute Gasteiger partial charge is 0.115 e. The van der Waals surface area contributed by atoms with Gasteiger partial charge in [-0.2, -0.15) is 0 Å². The Balaban J connectivity index is 1.87. The Hall–Kier alpha value is -0.800. The number of rotatable bonds is 2. The van der Waals surface area contributed by atoms with Crippen LogP contribution in [0.25, 0.3) is 0 Å². The number of hydrogen-bond donors (Lipinski definition) is 1. The van der Waals surface area contributed by atoms with Crippen LogP contribution >= 0.6 is 0 Å². The van der Waals surface area contributed by atoms with Crippen molar-refractivity contribution >= 4 is 0 Å². The zero-order valence-electron chi connectivity index (χ0n) is 9.79. The van der Waals surface area contributed by atoms with Gasteiger partial charge in [0.25, 0.3) is 0 Å². The number of furan rings is 1. The second kappa shape index (κ2) is 3.90. The third kappa shape index (κ3) is 1.50. The van der Waals surface area contributed by atoms with Crippen LogP contribution < -0.4 is 5.32 Å². The SMILES string of the molecule is Cc1ccc(C2(C3CCNCC3)COC2)o1. The highest BCUT2D eigenvalue weighted by molar-refractivity contribution is 5.22. The lowest BCUT2D eigenvalue weighted by Crippen LogP contribution is -2.54. The molecule has 2 aliphatic heterocycles. The number of nitrogens with one attached hydrogen (secondary N) is 1. The predicted octanol–water partition coefficient (Wildman–Crippen LogP) is 1.86. The van der Waals surface area contributed by atoms with Crippen LogP contribution in [0.15, 0.2) is 16.5 Å². The number of aryl methyl sites for hydroxylation is 1. The summed E-state index contributed by atoms with van der Waals surface area (Å²) < 4.78 is 11.3. The van der Waals surface area contributed by atoms with Crippen LogP contribution in [0.5, 0.6) is 0 Å². The molecule has 2 saturated heterocycles. The van der Waals surface area contributed by atoms with Crippen molar-refractivity contribution < 1.29 is 9.15 Å². The summed E-state index contributed by atoms with van der Waals surface area (Å²) in [5.74, 6) is 2.87. The molecule has 3 heterocycles. The molecule has 0 bridgehead atoms. The van der Waals surface area contributed by atoms with Gasteiger partial charge in [-0.25, -0.2) is 0 Å². The fraction of sp³-hybridized carbons (Fsp3) is 0.692. The normalized spacial score (nSPS) is 25.3. The molecule has 3 nitrogen and oxygen atoms in total. The topological polar surface area (TPSA) is 34.4 Å². The maximum absolute atomic E-state index is 5.84. The highest BCUT2D eigenvalue weighted by Crippen LogP contribution is 2.43. The summed E-state index contributed by atoms with van der Waals surface area (Å²) >= 11 is 0. The van der Waals surface area contributed by atoms with Crippen molar-refractivity contribution in [2.24, 2.45) is 5.92 Å². The molecule has 0 spiro atoms. The van der Waals surface area contributed by atoms with Crippen LogP contribution in [0.3, 0.4) is 0 Å². The molecule has 0 aliphatic carbocycles. The molecule has 3 heteroatoms. The Labute approximate surface area is 96.2 Å². The minimum absolute atomic E-state index is 0.177. The van der Waals surface area contributed by atoms with E-state index >= 15 is 0 Å². The molecule has 0 saturated carbocycles. The number of ether oxygens (including phenoxy) is 1. The minimum Gasteiger partial charge on any atom is -0.466 e. The minimum atomic E-state index is 0.177. The fourth-order valence-corrected chi connectivity index (χ4v) is 2.98. The Morgan fingerprint density at radius 1 is 1.25 bits per heavy atom. The van der Waals surface area contributed by atoms with E-state index in [0.717, 1.165) is 37.8 Å². The van der Waals surface area contributed by atoms with Gasteiger partial charge in [0.1, 0.15) is 11.5 Å². The molecule has 1 aromatic heterocycles. The van der Waals surface area contributed by atoms with E-state index in [1.54, 1.807) is 0 Å². The first-order chi connectivity index (χ1) is 7.81. The fourth-order valence-electron chi connectivity index (χ4n) is 2.98.